The first-order chi connectivity index (χ1) is 12.7. The average molecular weight is 352 g/mol. The van der Waals surface area contributed by atoms with Gasteiger partial charge >= 0.3 is 5.97 Å². The van der Waals surface area contributed by atoms with E-state index >= 15 is 0 Å². The quantitative estimate of drug-likeness (QED) is 0.788. The summed E-state index contributed by atoms with van der Waals surface area (Å²) in [5.41, 5.74) is 1.38. The van der Waals surface area contributed by atoms with Crippen LogP contribution in [-0.4, -0.2) is 41.1 Å². The van der Waals surface area contributed by atoms with Gasteiger partial charge in [0, 0.05) is 31.0 Å². The van der Waals surface area contributed by atoms with E-state index in [0.717, 1.165) is 49.4 Å². The molecule has 2 aliphatic rings. The lowest BCUT2D eigenvalue weighted by Gasteiger charge is -2.25. The number of ether oxygens (including phenoxy) is 1. The zero-order valence-electron chi connectivity index (χ0n) is 15.3. The van der Waals surface area contributed by atoms with Crippen molar-refractivity contribution in [3.05, 3.63) is 36.2 Å². The molecule has 1 aliphatic heterocycles. The zero-order valence-corrected chi connectivity index (χ0v) is 15.3. The van der Waals surface area contributed by atoms with E-state index in [1.165, 1.54) is 7.11 Å². The standard InChI is InChI=1S/C20H24N4O2/c1-3-15-11-17(23-18(22-15)16-8-4-5-10-21-16)24-12-14-7-6-9-20(14,13-24)19(25)26-2/h4-5,8,10-11,14H,3,6-7,9,12-13H2,1-2H3. The first-order valence-electron chi connectivity index (χ1n) is 9.29. The summed E-state index contributed by atoms with van der Waals surface area (Å²) in [5, 5.41) is 0. The van der Waals surface area contributed by atoms with Crippen LogP contribution in [0, 0.1) is 11.3 Å². The van der Waals surface area contributed by atoms with Crippen molar-refractivity contribution < 1.29 is 9.53 Å². The van der Waals surface area contributed by atoms with E-state index in [1.807, 2.05) is 24.3 Å². The molecule has 1 aliphatic carbocycles. The van der Waals surface area contributed by atoms with Crippen LogP contribution in [-0.2, 0) is 16.0 Å². The number of anilines is 1. The molecular weight excluding hydrogens is 328 g/mol. The van der Waals surface area contributed by atoms with Crippen LogP contribution in [0.4, 0.5) is 5.82 Å². The largest absolute Gasteiger partial charge is 0.469 e. The Bertz CT molecular complexity index is 811. The summed E-state index contributed by atoms with van der Waals surface area (Å²) in [6, 6.07) is 7.79. The Morgan fingerprint density at radius 1 is 1.38 bits per heavy atom. The average Bonchev–Trinajstić information content (AvgIpc) is 3.26. The maximum absolute atomic E-state index is 12.5. The molecule has 3 heterocycles. The predicted octanol–water partition coefficient (Wildman–Crippen LogP) is 2.88. The number of hydrogen-bond acceptors (Lipinski definition) is 6. The van der Waals surface area contributed by atoms with Gasteiger partial charge in [0.2, 0.25) is 0 Å². The van der Waals surface area contributed by atoms with Gasteiger partial charge in [0.25, 0.3) is 0 Å². The molecule has 136 valence electrons. The molecule has 0 N–H and O–H groups in total. The number of aromatic nitrogens is 3. The van der Waals surface area contributed by atoms with Gasteiger partial charge in [-0.1, -0.05) is 19.4 Å². The van der Waals surface area contributed by atoms with E-state index in [9.17, 15) is 4.79 Å². The molecule has 0 amide bonds. The highest BCUT2D eigenvalue weighted by atomic mass is 16.5. The second-order valence-corrected chi connectivity index (χ2v) is 7.23. The molecule has 1 saturated heterocycles. The molecule has 6 heteroatoms. The molecule has 0 bridgehead atoms. The SMILES string of the molecule is CCc1cc(N2CC3CCCC3(C(=O)OC)C2)nc(-c2ccccn2)n1. The molecule has 2 aromatic rings. The first-order valence-corrected chi connectivity index (χ1v) is 9.29. The zero-order chi connectivity index (χ0) is 18.1. The number of fused-ring (bicyclic) bond motifs is 1. The number of rotatable bonds is 4. The van der Waals surface area contributed by atoms with Crippen molar-refractivity contribution >= 4 is 11.8 Å². The van der Waals surface area contributed by atoms with E-state index in [-0.39, 0.29) is 11.4 Å². The molecule has 4 rings (SSSR count). The minimum absolute atomic E-state index is 0.0720. The van der Waals surface area contributed by atoms with Crippen molar-refractivity contribution in [2.24, 2.45) is 11.3 Å². The molecule has 2 unspecified atom stereocenters. The molecule has 2 atom stereocenters. The van der Waals surface area contributed by atoms with E-state index in [4.69, 9.17) is 9.72 Å². The Morgan fingerprint density at radius 3 is 3.00 bits per heavy atom. The number of aryl methyl sites for hydroxylation is 1. The summed E-state index contributed by atoms with van der Waals surface area (Å²) in [6.07, 6.45) is 5.65. The summed E-state index contributed by atoms with van der Waals surface area (Å²) in [5.74, 6) is 1.80. The van der Waals surface area contributed by atoms with Crippen molar-refractivity contribution in [1.82, 2.24) is 15.0 Å². The van der Waals surface area contributed by atoms with Gasteiger partial charge in [-0.2, -0.15) is 0 Å². The van der Waals surface area contributed by atoms with E-state index < -0.39 is 0 Å². The van der Waals surface area contributed by atoms with E-state index in [2.05, 4.69) is 21.8 Å². The lowest BCUT2D eigenvalue weighted by Crippen LogP contribution is -2.37. The van der Waals surface area contributed by atoms with Crippen molar-refractivity contribution in [3.8, 4) is 11.5 Å². The fraction of sp³-hybridized carbons (Fsp3) is 0.500. The first kappa shape index (κ1) is 16.9. The summed E-state index contributed by atoms with van der Waals surface area (Å²) >= 11 is 0. The molecule has 26 heavy (non-hydrogen) atoms. The highest BCUT2D eigenvalue weighted by molar-refractivity contribution is 5.79. The monoisotopic (exact) mass is 352 g/mol. The van der Waals surface area contributed by atoms with Gasteiger partial charge in [-0.25, -0.2) is 9.97 Å². The molecule has 6 nitrogen and oxygen atoms in total. The number of hydrogen-bond donors (Lipinski definition) is 0. The van der Waals surface area contributed by atoms with Crippen LogP contribution in [0.5, 0.6) is 0 Å². The van der Waals surface area contributed by atoms with Crippen LogP contribution in [0.3, 0.4) is 0 Å². The third-order valence-electron chi connectivity index (χ3n) is 5.81. The Kier molecular flexibility index (Phi) is 4.34. The van der Waals surface area contributed by atoms with Crippen LogP contribution in [0.15, 0.2) is 30.5 Å². The van der Waals surface area contributed by atoms with E-state index in [0.29, 0.717) is 18.3 Å². The van der Waals surface area contributed by atoms with Gasteiger partial charge in [-0.15, -0.1) is 0 Å². The molecule has 2 fully saturated rings. The Labute approximate surface area is 153 Å². The summed E-state index contributed by atoms with van der Waals surface area (Å²) in [7, 11) is 1.49. The maximum Gasteiger partial charge on any atom is 0.313 e. The second-order valence-electron chi connectivity index (χ2n) is 7.23. The normalized spacial score (nSPS) is 24.5. The maximum atomic E-state index is 12.5. The van der Waals surface area contributed by atoms with Crippen molar-refractivity contribution in [2.75, 3.05) is 25.1 Å². The highest BCUT2D eigenvalue weighted by Crippen LogP contribution is 2.50. The minimum atomic E-state index is -0.378. The van der Waals surface area contributed by atoms with Crippen LogP contribution in [0.25, 0.3) is 11.5 Å². The van der Waals surface area contributed by atoms with Crippen LogP contribution < -0.4 is 4.90 Å². The third-order valence-corrected chi connectivity index (χ3v) is 5.81. The fourth-order valence-electron chi connectivity index (χ4n) is 4.44. The topological polar surface area (TPSA) is 68.2 Å². The molecule has 0 spiro atoms. The van der Waals surface area contributed by atoms with Gasteiger partial charge in [-0.05, 0) is 37.3 Å². The number of carbonyl (C=O) groups excluding carboxylic acids is 1. The summed E-state index contributed by atoms with van der Waals surface area (Å²) in [4.78, 5) is 28.6. The molecule has 0 aromatic carbocycles. The van der Waals surface area contributed by atoms with Gasteiger partial charge in [0.05, 0.1) is 12.5 Å². The van der Waals surface area contributed by atoms with E-state index in [1.54, 1.807) is 6.20 Å². The van der Waals surface area contributed by atoms with Crippen molar-refractivity contribution in [3.63, 3.8) is 0 Å². The van der Waals surface area contributed by atoms with Crippen molar-refractivity contribution in [1.29, 1.82) is 0 Å². The molecule has 0 radical (unpaired) electrons. The number of carbonyl (C=O) groups is 1. The van der Waals surface area contributed by atoms with Gasteiger partial charge in [0.15, 0.2) is 5.82 Å². The number of esters is 1. The van der Waals surface area contributed by atoms with Crippen LogP contribution >= 0.6 is 0 Å². The molecular formula is C20H24N4O2. The third kappa shape index (κ3) is 2.73. The smallest absolute Gasteiger partial charge is 0.313 e. The lowest BCUT2D eigenvalue weighted by atomic mass is 9.81. The minimum Gasteiger partial charge on any atom is -0.469 e. The second kappa shape index (κ2) is 6.67. The number of methoxy groups -OCH3 is 1. The number of nitrogens with zero attached hydrogens (tertiary/aromatic N) is 4. The Morgan fingerprint density at radius 2 is 2.27 bits per heavy atom. The lowest BCUT2D eigenvalue weighted by molar-refractivity contribution is -0.152. The Hall–Kier alpha value is -2.50. The van der Waals surface area contributed by atoms with Gasteiger partial charge in [-0.3, -0.25) is 9.78 Å². The fourth-order valence-corrected chi connectivity index (χ4v) is 4.44. The van der Waals surface area contributed by atoms with Crippen LogP contribution in [0.2, 0.25) is 0 Å². The van der Waals surface area contributed by atoms with Gasteiger partial charge < -0.3 is 9.64 Å². The molecule has 2 aromatic heterocycles. The summed E-state index contributed by atoms with van der Waals surface area (Å²) in [6.45, 7) is 3.60. The molecule has 1 saturated carbocycles. The summed E-state index contributed by atoms with van der Waals surface area (Å²) < 4.78 is 5.15. The van der Waals surface area contributed by atoms with Crippen molar-refractivity contribution in [2.45, 2.75) is 32.6 Å². The Balaban J connectivity index is 1.69. The van der Waals surface area contributed by atoms with Gasteiger partial charge in [0.1, 0.15) is 11.5 Å². The number of pyridine rings is 1. The van der Waals surface area contributed by atoms with Crippen LogP contribution in [0.1, 0.15) is 31.9 Å². The highest BCUT2D eigenvalue weighted by Gasteiger charge is 2.55. The predicted molar refractivity (Wildman–Crippen MR) is 98.6 cm³/mol.